The number of benzene rings is 1. The highest BCUT2D eigenvalue weighted by molar-refractivity contribution is 8.18. The van der Waals surface area contributed by atoms with Gasteiger partial charge in [0.1, 0.15) is 5.75 Å². The van der Waals surface area contributed by atoms with Crippen LogP contribution in [0, 0.1) is 6.92 Å². The van der Waals surface area contributed by atoms with Crippen molar-refractivity contribution >= 4 is 28.9 Å². The molecule has 1 aromatic carbocycles. The van der Waals surface area contributed by atoms with Crippen LogP contribution >= 0.6 is 11.8 Å². The van der Waals surface area contributed by atoms with Gasteiger partial charge in [-0.25, -0.2) is 0 Å². The Morgan fingerprint density at radius 2 is 2.05 bits per heavy atom. The predicted octanol–water partition coefficient (Wildman–Crippen LogP) is 3.46. The lowest BCUT2D eigenvalue weighted by Gasteiger charge is -2.27. The van der Waals surface area contributed by atoms with Gasteiger partial charge < -0.3 is 9.64 Å². The Balaban J connectivity index is 1.76. The number of hydrogen-bond donors (Lipinski definition) is 0. The van der Waals surface area contributed by atoms with E-state index in [-0.39, 0.29) is 5.91 Å². The molecule has 1 saturated heterocycles. The first-order valence-corrected chi connectivity index (χ1v) is 8.41. The van der Waals surface area contributed by atoms with Crippen molar-refractivity contribution in [2.24, 2.45) is 4.99 Å². The maximum Gasteiger partial charge on any atom is 0.286 e. The van der Waals surface area contributed by atoms with Gasteiger partial charge in [-0.3, -0.25) is 4.79 Å². The van der Waals surface area contributed by atoms with E-state index in [2.05, 4.69) is 9.89 Å². The molecule has 2 heterocycles. The molecule has 1 amide bonds. The SMILES string of the molecule is COc1ccc(/C=C2\SC(N3CCCCC3)=NC2=O)cc1C. The van der Waals surface area contributed by atoms with Gasteiger partial charge in [-0.05, 0) is 67.3 Å². The second-order valence-electron chi connectivity index (χ2n) is 5.59. The van der Waals surface area contributed by atoms with Gasteiger partial charge >= 0.3 is 0 Å². The van der Waals surface area contributed by atoms with Gasteiger partial charge in [0.05, 0.1) is 12.0 Å². The van der Waals surface area contributed by atoms with Crippen LogP contribution in [0.1, 0.15) is 30.4 Å². The molecule has 116 valence electrons. The highest BCUT2D eigenvalue weighted by Crippen LogP contribution is 2.32. The summed E-state index contributed by atoms with van der Waals surface area (Å²) in [5.74, 6) is 0.733. The predicted molar refractivity (Wildman–Crippen MR) is 91.2 cm³/mol. The van der Waals surface area contributed by atoms with Crippen LogP contribution in [0.3, 0.4) is 0 Å². The molecule has 0 spiro atoms. The average molecular weight is 316 g/mol. The third-order valence-corrected chi connectivity index (χ3v) is 5.00. The van der Waals surface area contributed by atoms with Crippen LogP contribution in [0.4, 0.5) is 0 Å². The quantitative estimate of drug-likeness (QED) is 0.784. The number of amides is 1. The number of nitrogens with zero attached hydrogens (tertiary/aromatic N) is 2. The number of hydrogen-bond acceptors (Lipinski definition) is 4. The van der Waals surface area contributed by atoms with E-state index >= 15 is 0 Å². The standard InChI is InChI=1S/C17H20N2O2S/c1-12-10-13(6-7-14(12)21-2)11-15-16(20)18-17(22-15)19-8-4-3-5-9-19/h6-7,10-11H,3-5,8-9H2,1-2H3/b15-11-. The molecule has 2 aliphatic rings. The number of carbonyl (C=O) groups is 1. The Morgan fingerprint density at radius 1 is 1.27 bits per heavy atom. The fourth-order valence-corrected chi connectivity index (χ4v) is 3.73. The van der Waals surface area contributed by atoms with Crippen LogP contribution in [0.5, 0.6) is 5.75 Å². The van der Waals surface area contributed by atoms with Crippen molar-refractivity contribution in [2.45, 2.75) is 26.2 Å². The first-order valence-electron chi connectivity index (χ1n) is 7.59. The summed E-state index contributed by atoms with van der Waals surface area (Å²) in [7, 11) is 1.66. The minimum atomic E-state index is -0.126. The second kappa shape index (κ2) is 6.57. The minimum absolute atomic E-state index is 0.126. The summed E-state index contributed by atoms with van der Waals surface area (Å²) in [6, 6.07) is 5.92. The molecule has 2 aliphatic heterocycles. The Bertz CT molecular complexity index is 646. The highest BCUT2D eigenvalue weighted by Gasteiger charge is 2.26. The van der Waals surface area contributed by atoms with Gasteiger partial charge in [0.25, 0.3) is 5.91 Å². The zero-order valence-corrected chi connectivity index (χ0v) is 13.8. The number of methoxy groups -OCH3 is 1. The first-order chi connectivity index (χ1) is 10.7. The summed E-state index contributed by atoms with van der Waals surface area (Å²) in [4.78, 5) is 19.3. The van der Waals surface area contributed by atoms with E-state index < -0.39 is 0 Å². The van der Waals surface area contributed by atoms with Crippen molar-refractivity contribution in [3.05, 3.63) is 34.2 Å². The fourth-order valence-electron chi connectivity index (χ4n) is 2.76. The summed E-state index contributed by atoms with van der Waals surface area (Å²) in [6.45, 7) is 4.02. The molecule has 0 saturated carbocycles. The van der Waals surface area contributed by atoms with Gasteiger partial charge in [-0.15, -0.1) is 0 Å². The topological polar surface area (TPSA) is 41.9 Å². The summed E-state index contributed by atoms with van der Waals surface area (Å²) in [6.07, 6.45) is 5.56. The van der Waals surface area contributed by atoms with Gasteiger partial charge in [-0.1, -0.05) is 6.07 Å². The number of aryl methyl sites for hydroxylation is 1. The van der Waals surface area contributed by atoms with Crippen LogP contribution in [-0.2, 0) is 4.79 Å². The maximum absolute atomic E-state index is 12.1. The highest BCUT2D eigenvalue weighted by atomic mass is 32.2. The molecule has 0 radical (unpaired) electrons. The van der Waals surface area contributed by atoms with Gasteiger partial charge in [0.2, 0.25) is 0 Å². The van der Waals surface area contributed by atoms with Crippen LogP contribution in [-0.4, -0.2) is 36.2 Å². The first kappa shape index (κ1) is 15.2. The number of amidine groups is 1. The fraction of sp³-hybridized carbons (Fsp3) is 0.412. The summed E-state index contributed by atoms with van der Waals surface area (Å²) < 4.78 is 5.27. The van der Waals surface area contributed by atoms with Crippen LogP contribution in [0.15, 0.2) is 28.1 Å². The van der Waals surface area contributed by atoms with Crippen LogP contribution in [0.25, 0.3) is 6.08 Å². The lowest BCUT2D eigenvalue weighted by atomic mass is 10.1. The molecule has 0 atom stereocenters. The van der Waals surface area contributed by atoms with Crippen molar-refractivity contribution in [1.29, 1.82) is 0 Å². The van der Waals surface area contributed by atoms with E-state index in [1.54, 1.807) is 7.11 Å². The number of carbonyl (C=O) groups excluding carboxylic acids is 1. The third kappa shape index (κ3) is 3.19. The molecule has 0 aliphatic carbocycles. The van der Waals surface area contributed by atoms with Crippen LogP contribution < -0.4 is 4.74 Å². The van der Waals surface area contributed by atoms with Gasteiger partial charge in [0, 0.05) is 13.1 Å². The summed E-state index contributed by atoms with van der Waals surface area (Å²) >= 11 is 1.49. The van der Waals surface area contributed by atoms with Crippen molar-refractivity contribution in [2.75, 3.05) is 20.2 Å². The van der Waals surface area contributed by atoms with Crippen molar-refractivity contribution in [1.82, 2.24) is 4.90 Å². The Labute approximate surface area is 135 Å². The third-order valence-electron chi connectivity index (χ3n) is 3.95. The van der Waals surface area contributed by atoms with E-state index in [4.69, 9.17) is 4.74 Å². The smallest absolute Gasteiger partial charge is 0.286 e. The Morgan fingerprint density at radius 3 is 2.73 bits per heavy atom. The zero-order chi connectivity index (χ0) is 15.5. The molecule has 0 N–H and O–H groups in total. The molecule has 22 heavy (non-hydrogen) atoms. The number of thioether (sulfide) groups is 1. The molecule has 0 unspecified atom stereocenters. The summed E-state index contributed by atoms with van der Waals surface area (Å²) in [5.41, 5.74) is 2.06. The lowest BCUT2D eigenvalue weighted by Crippen LogP contribution is -2.33. The van der Waals surface area contributed by atoms with Crippen molar-refractivity contribution in [3.63, 3.8) is 0 Å². The Hall–Kier alpha value is -1.75. The average Bonchev–Trinajstić information content (AvgIpc) is 2.89. The number of piperidine rings is 1. The molecule has 1 aromatic rings. The number of rotatable bonds is 2. The minimum Gasteiger partial charge on any atom is -0.496 e. The molecule has 5 heteroatoms. The molecular formula is C17H20N2O2S. The monoisotopic (exact) mass is 316 g/mol. The largest absolute Gasteiger partial charge is 0.496 e. The Kier molecular flexibility index (Phi) is 4.52. The molecule has 0 bridgehead atoms. The van der Waals surface area contributed by atoms with Crippen molar-refractivity contribution < 1.29 is 9.53 Å². The molecule has 4 nitrogen and oxygen atoms in total. The van der Waals surface area contributed by atoms with Crippen molar-refractivity contribution in [3.8, 4) is 5.75 Å². The van der Waals surface area contributed by atoms with Gasteiger partial charge in [0.15, 0.2) is 5.17 Å². The molecule has 1 fully saturated rings. The number of ether oxygens (including phenoxy) is 1. The zero-order valence-electron chi connectivity index (χ0n) is 13.0. The van der Waals surface area contributed by atoms with E-state index in [0.29, 0.717) is 4.91 Å². The van der Waals surface area contributed by atoms with E-state index in [1.165, 1.54) is 31.0 Å². The number of likely N-dealkylation sites (tertiary alicyclic amines) is 1. The summed E-state index contributed by atoms with van der Waals surface area (Å²) in [5, 5.41) is 0.862. The number of aliphatic imine (C=N–C) groups is 1. The lowest BCUT2D eigenvalue weighted by molar-refractivity contribution is -0.113. The van der Waals surface area contributed by atoms with Gasteiger partial charge in [-0.2, -0.15) is 4.99 Å². The molecule has 3 rings (SSSR count). The normalized spacial score (nSPS) is 20.5. The van der Waals surface area contributed by atoms with E-state index in [1.807, 2.05) is 31.2 Å². The van der Waals surface area contributed by atoms with E-state index in [9.17, 15) is 4.79 Å². The molecular weight excluding hydrogens is 296 g/mol. The molecule has 0 aromatic heterocycles. The van der Waals surface area contributed by atoms with Crippen LogP contribution in [0.2, 0.25) is 0 Å². The maximum atomic E-state index is 12.1. The van der Waals surface area contributed by atoms with E-state index in [0.717, 1.165) is 35.1 Å². The second-order valence-corrected chi connectivity index (χ2v) is 6.60.